The molecule has 0 unspecified atom stereocenters. The molecule has 4 nitrogen and oxygen atoms in total. The van der Waals surface area contributed by atoms with E-state index in [2.05, 4.69) is 0 Å². The molecule has 0 radical (unpaired) electrons. The molecule has 2 heterocycles. The number of methoxy groups -OCH3 is 1. The van der Waals surface area contributed by atoms with Gasteiger partial charge in [0, 0.05) is 10.4 Å². The first-order valence-electron chi connectivity index (χ1n) is 6.16. The van der Waals surface area contributed by atoms with Crippen molar-refractivity contribution in [2.75, 3.05) is 7.11 Å². The van der Waals surface area contributed by atoms with Crippen molar-refractivity contribution in [3.63, 3.8) is 0 Å². The van der Waals surface area contributed by atoms with Gasteiger partial charge in [-0.25, -0.2) is 9.59 Å². The summed E-state index contributed by atoms with van der Waals surface area (Å²) in [4.78, 5) is 24.8. The van der Waals surface area contributed by atoms with Gasteiger partial charge in [-0.3, -0.25) is 0 Å². The van der Waals surface area contributed by atoms with Crippen molar-refractivity contribution in [3.8, 4) is 5.06 Å². The summed E-state index contributed by atoms with van der Waals surface area (Å²) in [5.74, 6) is -1.16. The van der Waals surface area contributed by atoms with Gasteiger partial charge in [0.15, 0.2) is 5.06 Å². The molecule has 1 saturated heterocycles. The summed E-state index contributed by atoms with van der Waals surface area (Å²) in [6.07, 6.45) is 0. The third-order valence-corrected chi connectivity index (χ3v) is 4.14. The van der Waals surface area contributed by atoms with E-state index in [4.69, 9.17) is 9.47 Å². The Kier molecular flexibility index (Phi) is 3.81. The van der Waals surface area contributed by atoms with Crippen LogP contribution in [-0.4, -0.2) is 19.0 Å². The van der Waals surface area contributed by atoms with Gasteiger partial charge >= 0.3 is 11.9 Å². The minimum absolute atomic E-state index is 0.339. The Morgan fingerprint density at radius 1 is 1.15 bits per heavy atom. The first-order chi connectivity index (χ1) is 9.36. The Labute approximate surface area is 121 Å². The molecule has 1 aromatic heterocycles. The molecule has 20 heavy (non-hydrogen) atoms. The van der Waals surface area contributed by atoms with Crippen molar-refractivity contribution in [2.24, 2.45) is 0 Å². The summed E-state index contributed by atoms with van der Waals surface area (Å²) in [5, 5.41) is 0.729. The Hall–Kier alpha value is -1.88. The van der Waals surface area contributed by atoms with Gasteiger partial charge in [0.2, 0.25) is 0 Å². The number of esters is 2. The van der Waals surface area contributed by atoms with E-state index in [0.29, 0.717) is 16.7 Å². The average molecular weight is 292 g/mol. The highest BCUT2D eigenvalue weighted by atomic mass is 32.1. The zero-order valence-electron chi connectivity index (χ0n) is 12.1. The van der Waals surface area contributed by atoms with Gasteiger partial charge < -0.3 is 9.47 Å². The van der Waals surface area contributed by atoms with Gasteiger partial charge in [0.25, 0.3) is 0 Å². The van der Waals surface area contributed by atoms with Crippen LogP contribution in [0.4, 0.5) is 0 Å². The van der Waals surface area contributed by atoms with E-state index in [9.17, 15) is 9.59 Å². The molecule has 1 aliphatic rings. The molecule has 0 N–H and O–H groups in total. The zero-order chi connectivity index (χ0) is 15.0. The standard InChI is InChI=1S/C15H16O4S/c1-7(2)11-12(14(17)19-13(11)16)9(4)10-6-8(3)20-15(10)18-5/h6H,1-5H3. The van der Waals surface area contributed by atoms with Crippen molar-refractivity contribution in [2.45, 2.75) is 27.7 Å². The first-order valence-corrected chi connectivity index (χ1v) is 6.98. The minimum Gasteiger partial charge on any atom is -0.487 e. The maximum Gasteiger partial charge on any atom is 0.347 e. The largest absolute Gasteiger partial charge is 0.487 e. The third kappa shape index (κ3) is 2.29. The zero-order valence-corrected chi connectivity index (χ0v) is 12.9. The van der Waals surface area contributed by atoms with Crippen LogP contribution >= 0.6 is 11.3 Å². The molecule has 1 fully saturated rings. The topological polar surface area (TPSA) is 52.6 Å². The molecule has 1 aliphatic heterocycles. The predicted octanol–water partition coefficient (Wildman–Crippen LogP) is 3.26. The number of thiophene rings is 1. The number of cyclic esters (lactones) is 2. The molecule has 5 heteroatoms. The number of ether oxygens (including phenoxy) is 2. The fourth-order valence-corrected chi connectivity index (χ4v) is 3.10. The molecule has 0 spiro atoms. The number of rotatable bonds is 2. The molecule has 0 aromatic carbocycles. The molecular formula is C15H16O4S. The van der Waals surface area contributed by atoms with E-state index in [0.717, 1.165) is 21.1 Å². The molecule has 0 saturated carbocycles. The third-order valence-electron chi connectivity index (χ3n) is 3.13. The molecule has 0 bridgehead atoms. The lowest BCUT2D eigenvalue weighted by Crippen LogP contribution is -1.99. The highest BCUT2D eigenvalue weighted by molar-refractivity contribution is 7.14. The van der Waals surface area contributed by atoms with Crippen LogP contribution in [0.2, 0.25) is 0 Å². The second-order valence-electron chi connectivity index (χ2n) is 4.81. The van der Waals surface area contributed by atoms with Crippen LogP contribution in [-0.2, 0) is 14.3 Å². The smallest absolute Gasteiger partial charge is 0.347 e. The summed E-state index contributed by atoms with van der Waals surface area (Å²) in [6, 6.07) is 1.95. The highest BCUT2D eigenvalue weighted by Gasteiger charge is 2.36. The van der Waals surface area contributed by atoms with Crippen molar-refractivity contribution < 1.29 is 19.1 Å². The fraction of sp³-hybridized carbons (Fsp3) is 0.333. The summed E-state index contributed by atoms with van der Waals surface area (Å²) < 4.78 is 10.1. The Balaban J connectivity index is 2.69. The Bertz CT molecular complexity index is 657. The van der Waals surface area contributed by atoms with Crippen LogP contribution in [0, 0.1) is 6.92 Å². The van der Waals surface area contributed by atoms with E-state index in [1.54, 1.807) is 21.0 Å². The van der Waals surface area contributed by atoms with Crippen LogP contribution in [0.3, 0.4) is 0 Å². The monoisotopic (exact) mass is 292 g/mol. The van der Waals surface area contributed by atoms with Crippen LogP contribution in [0.5, 0.6) is 5.06 Å². The molecule has 0 amide bonds. The SMILES string of the molecule is COc1sc(C)cc1C(C)=C1C(=O)OC(=O)C1=C(C)C. The van der Waals surface area contributed by atoms with Crippen molar-refractivity contribution in [1.29, 1.82) is 0 Å². The second kappa shape index (κ2) is 5.25. The molecular weight excluding hydrogens is 276 g/mol. The van der Waals surface area contributed by atoms with Gasteiger partial charge in [0.05, 0.1) is 18.3 Å². The Morgan fingerprint density at radius 2 is 1.75 bits per heavy atom. The van der Waals surface area contributed by atoms with Crippen LogP contribution in [0.25, 0.3) is 5.57 Å². The minimum atomic E-state index is -0.588. The van der Waals surface area contributed by atoms with Crippen molar-refractivity contribution in [1.82, 2.24) is 0 Å². The quantitative estimate of drug-likeness (QED) is 0.477. The Morgan fingerprint density at radius 3 is 2.30 bits per heavy atom. The fourth-order valence-electron chi connectivity index (χ4n) is 2.23. The lowest BCUT2D eigenvalue weighted by Gasteiger charge is -2.06. The maximum atomic E-state index is 11.9. The molecule has 0 aliphatic carbocycles. The van der Waals surface area contributed by atoms with Crippen molar-refractivity contribution >= 4 is 28.8 Å². The van der Waals surface area contributed by atoms with Gasteiger partial charge in [0.1, 0.15) is 0 Å². The number of hydrogen-bond donors (Lipinski definition) is 0. The van der Waals surface area contributed by atoms with Gasteiger partial charge in [-0.05, 0) is 39.3 Å². The number of allylic oxidation sites excluding steroid dienone is 2. The lowest BCUT2D eigenvalue weighted by atomic mass is 9.96. The normalized spacial score (nSPS) is 17.4. The van der Waals surface area contributed by atoms with Crippen LogP contribution in [0.15, 0.2) is 22.8 Å². The van der Waals surface area contributed by atoms with E-state index in [-0.39, 0.29) is 0 Å². The molecule has 2 rings (SSSR count). The summed E-state index contributed by atoms with van der Waals surface area (Å²) in [5.41, 5.74) is 3.00. The molecule has 106 valence electrons. The van der Waals surface area contributed by atoms with E-state index in [1.165, 1.54) is 11.3 Å². The maximum absolute atomic E-state index is 11.9. The molecule has 0 atom stereocenters. The van der Waals surface area contributed by atoms with Crippen LogP contribution in [0.1, 0.15) is 31.2 Å². The van der Waals surface area contributed by atoms with Crippen molar-refractivity contribution in [3.05, 3.63) is 33.2 Å². The average Bonchev–Trinajstić information content (AvgIpc) is 2.88. The lowest BCUT2D eigenvalue weighted by molar-refractivity contribution is -0.149. The van der Waals surface area contributed by atoms with Gasteiger partial charge in [-0.15, -0.1) is 11.3 Å². The number of carbonyl (C=O) groups excluding carboxylic acids is 2. The second-order valence-corrected chi connectivity index (χ2v) is 6.03. The summed E-state index contributed by atoms with van der Waals surface area (Å²) in [7, 11) is 1.59. The van der Waals surface area contributed by atoms with Gasteiger partial charge in [-0.2, -0.15) is 0 Å². The van der Waals surface area contributed by atoms with Gasteiger partial charge in [-0.1, -0.05) is 5.57 Å². The number of carbonyl (C=O) groups is 2. The number of aryl methyl sites for hydroxylation is 1. The number of hydrogen-bond acceptors (Lipinski definition) is 5. The predicted molar refractivity (Wildman–Crippen MR) is 77.7 cm³/mol. The van der Waals surface area contributed by atoms with E-state index >= 15 is 0 Å². The highest BCUT2D eigenvalue weighted by Crippen LogP contribution is 2.39. The van der Waals surface area contributed by atoms with Crippen LogP contribution < -0.4 is 4.74 Å². The van der Waals surface area contributed by atoms with E-state index < -0.39 is 11.9 Å². The summed E-state index contributed by atoms with van der Waals surface area (Å²) >= 11 is 1.50. The summed E-state index contributed by atoms with van der Waals surface area (Å²) in [6.45, 7) is 7.36. The molecule has 1 aromatic rings. The van der Waals surface area contributed by atoms with E-state index in [1.807, 2.05) is 19.9 Å². The first kappa shape index (κ1) is 14.5.